The van der Waals surface area contributed by atoms with Gasteiger partial charge in [-0.05, 0) is 39.5 Å². The Morgan fingerprint density at radius 2 is 1.88 bits per heavy atom. The van der Waals surface area contributed by atoms with Crippen LogP contribution in [0, 0.1) is 0 Å². The van der Waals surface area contributed by atoms with Gasteiger partial charge in [0, 0.05) is 13.1 Å². The molecule has 17 heavy (non-hydrogen) atoms. The van der Waals surface area contributed by atoms with Crippen LogP contribution in [0.5, 0.6) is 0 Å². The lowest BCUT2D eigenvalue weighted by molar-refractivity contribution is -0.151. The van der Waals surface area contributed by atoms with E-state index in [1.54, 1.807) is 7.05 Å². The van der Waals surface area contributed by atoms with Crippen LogP contribution >= 0.6 is 0 Å². The number of nitrogens with zero attached hydrogens (tertiary/aromatic N) is 1. The molecule has 1 aliphatic rings. The number of carbonyl (C=O) groups is 2. The molecule has 1 aliphatic carbocycles. The maximum absolute atomic E-state index is 12.0. The molecule has 0 bridgehead atoms. The van der Waals surface area contributed by atoms with Crippen LogP contribution in [0.25, 0.3) is 0 Å². The van der Waals surface area contributed by atoms with Gasteiger partial charge in [0.25, 0.3) is 5.91 Å². The van der Waals surface area contributed by atoms with E-state index in [1.165, 1.54) is 4.90 Å². The lowest BCUT2D eigenvalue weighted by atomic mass is 10.0. The molecule has 2 N–H and O–H groups in total. The summed E-state index contributed by atoms with van der Waals surface area (Å²) in [5.74, 6) is -0.536. The van der Waals surface area contributed by atoms with Crippen molar-refractivity contribution in [2.45, 2.75) is 51.2 Å². The first-order chi connectivity index (χ1) is 7.85. The maximum Gasteiger partial charge on any atom is 0.254 e. The number of nitrogens with one attached hydrogen (secondary N) is 1. The first-order valence-corrected chi connectivity index (χ1v) is 6.12. The standard InChI is InChI=1S/C12H22N2O3/c1-9(2)13-10(15)8-14(3)11(16)12(17)6-4-5-7-12/h9,17H,4-8H2,1-3H3,(H,13,15). The number of hydrogen-bond donors (Lipinski definition) is 2. The summed E-state index contributed by atoms with van der Waals surface area (Å²) in [6, 6.07) is 0.0561. The lowest BCUT2D eigenvalue weighted by Gasteiger charge is -2.27. The van der Waals surface area contributed by atoms with Gasteiger partial charge in [0.2, 0.25) is 5.91 Å². The van der Waals surface area contributed by atoms with E-state index in [4.69, 9.17) is 0 Å². The SMILES string of the molecule is CC(C)NC(=O)CN(C)C(=O)C1(O)CCCC1. The molecule has 5 nitrogen and oxygen atoms in total. The third kappa shape index (κ3) is 3.70. The molecule has 0 heterocycles. The Kier molecular flexibility index (Phi) is 4.51. The highest BCUT2D eigenvalue weighted by Crippen LogP contribution is 2.30. The number of aliphatic hydroxyl groups is 1. The van der Waals surface area contributed by atoms with Gasteiger partial charge in [-0.15, -0.1) is 0 Å². The van der Waals surface area contributed by atoms with Gasteiger partial charge < -0.3 is 15.3 Å². The molecule has 0 aromatic rings. The summed E-state index contributed by atoms with van der Waals surface area (Å²) in [5.41, 5.74) is -1.24. The van der Waals surface area contributed by atoms with Crippen LogP contribution < -0.4 is 5.32 Å². The minimum atomic E-state index is -1.24. The van der Waals surface area contributed by atoms with Crippen LogP contribution in [0.3, 0.4) is 0 Å². The molecule has 0 radical (unpaired) electrons. The Bertz CT molecular complexity index is 296. The summed E-state index contributed by atoms with van der Waals surface area (Å²) in [7, 11) is 1.55. The molecule has 0 saturated heterocycles. The zero-order valence-corrected chi connectivity index (χ0v) is 10.8. The number of hydrogen-bond acceptors (Lipinski definition) is 3. The van der Waals surface area contributed by atoms with Crippen molar-refractivity contribution >= 4 is 11.8 Å². The molecule has 0 aromatic heterocycles. The third-order valence-electron chi connectivity index (χ3n) is 3.01. The Morgan fingerprint density at radius 3 is 2.35 bits per heavy atom. The summed E-state index contributed by atoms with van der Waals surface area (Å²) in [5, 5.41) is 12.8. The number of amides is 2. The van der Waals surface area contributed by atoms with Crippen LogP contribution in [0.2, 0.25) is 0 Å². The highest BCUT2D eigenvalue weighted by Gasteiger charge is 2.40. The van der Waals surface area contributed by atoms with Crippen molar-refractivity contribution in [3.63, 3.8) is 0 Å². The van der Waals surface area contributed by atoms with Crippen molar-refractivity contribution in [2.24, 2.45) is 0 Å². The largest absolute Gasteiger partial charge is 0.380 e. The van der Waals surface area contributed by atoms with Gasteiger partial charge in [0.1, 0.15) is 5.60 Å². The second kappa shape index (κ2) is 5.49. The number of carbonyl (C=O) groups excluding carboxylic acids is 2. The fraction of sp³-hybridized carbons (Fsp3) is 0.833. The van der Waals surface area contributed by atoms with Crippen molar-refractivity contribution in [1.29, 1.82) is 0 Å². The Hall–Kier alpha value is -1.10. The van der Waals surface area contributed by atoms with Crippen LogP contribution in [0.4, 0.5) is 0 Å². The molecule has 1 rings (SSSR count). The first kappa shape index (κ1) is 14.0. The van der Waals surface area contributed by atoms with Crippen LogP contribution in [-0.4, -0.2) is 47.1 Å². The molecular formula is C12H22N2O3. The van der Waals surface area contributed by atoms with Gasteiger partial charge in [-0.3, -0.25) is 9.59 Å². The van der Waals surface area contributed by atoms with E-state index in [1.807, 2.05) is 13.8 Å². The van der Waals surface area contributed by atoms with Gasteiger partial charge in [0.05, 0.1) is 6.54 Å². The molecule has 5 heteroatoms. The molecular weight excluding hydrogens is 220 g/mol. The summed E-state index contributed by atoms with van der Waals surface area (Å²) in [6.07, 6.45) is 2.74. The quantitative estimate of drug-likeness (QED) is 0.743. The average molecular weight is 242 g/mol. The normalized spacial score (nSPS) is 18.2. The van der Waals surface area contributed by atoms with Crippen LogP contribution in [0.1, 0.15) is 39.5 Å². The van der Waals surface area contributed by atoms with E-state index in [2.05, 4.69) is 5.32 Å². The van der Waals surface area contributed by atoms with Crippen molar-refractivity contribution in [2.75, 3.05) is 13.6 Å². The minimum absolute atomic E-state index is 0.000671. The van der Waals surface area contributed by atoms with E-state index in [0.29, 0.717) is 12.8 Å². The Morgan fingerprint density at radius 1 is 1.35 bits per heavy atom. The molecule has 0 atom stereocenters. The molecule has 2 amide bonds. The molecule has 98 valence electrons. The van der Waals surface area contributed by atoms with E-state index >= 15 is 0 Å². The molecule has 1 saturated carbocycles. The van der Waals surface area contributed by atoms with Crippen LogP contribution in [0.15, 0.2) is 0 Å². The van der Waals surface area contributed by atoms with Crippen LogP contribution in [-0.2, 0) is 9.59 Å². The molecule has 0 aromatic carbocycles. The highest BCUT2D eigenvalue weighted by atomic mass is 16.3. The first-order valence-electron chi connectivity index (χ1n) is 6.12. The molecule has 0 aliphatic heterocycles. The third-order valence-corrected chi connectivity index (χ3v) is 3.01. The van der Waals surface area contributed by atoms with Gasteiger partial charge in [-0.1, -0.05) is 0 Å². The van der Waals surface area contributed by atoms with E-state index < -0.39 is 5.60 Å². The average Bonchev–Trinajstić information content (AvgIpc) is 2.63. The van der Waals surface area contributed by atoms with Crippen molar-refractivity contribution in [1.82, 2.24) is 10.2 Å². The second-order valence-corrected chi connectivity index (χ2v) is 5.12. The number of likely N-dealkylation sites (N-methyl/N-ethyl adjacent to an activating group) is 1. The van der Waals surface area contributed by atoms with Gasteiger partial charge in [-0.25, -0.2) is 0 Å². The molecule has 1 fully saturated rings. The zero-order chi connectivity index (χ0) is 13.1. The monoisotopic (exact) mass is 242 g/mol. The topological polar surface area (TPSA) is 69.6 Å². The number of rotatable bonds is 4. The van der Waals surface area contributed by atoms with Crippen molar-refractivity contribution in [3.05, 3.63) is 0 Å². The highest BCUT2D eigenvalue weighted by molar-refractivity contribution is 5.89. The lowest BCUT2D eigenvalue weighted by Crippen LogP contribution is -2.49. The molecule has 0 spiro atoms. The van der Waals surface area contributed by atoms with E-state index in [0.717, 1.165) is 12.8 Å². The predicted molar refractivity (Wildman–Crippen MR) is 64.3 cm³/mol. The van der Waals surface area contributed by atoms with Crippen molar-refractivity contribution < 1.29 is 14.7 Å². The van der Waals surface area contributed by atoms with Gasteiger partial charge in [-0.2, -0.15) is 0 Å². The van der Waals surface area contributed by atoms with Gasteiger partial charge >= 0.3 is 0 Å². The minimum Gasteiger partial charge on any atom is -0.380 e. The Labute approximate surface area is 102 Å². The summed E-state index contributed by atoms with van der Waals surface area (Å²) in [4.78, 5) is 24.8. The van der Waals surface area contributed by atoms with E-state index in [-0.39, 0.29) is 24.4 Å². The molecule has 0 unspecified atom stereocenters. The van der Waals surface area contributed by atoms with Crippen molar-refractivity contribution in [3.8, 4) is 0 Å². The fourth-order valence-electron chi connectivity index (χ4n) is 2.18. The summed E-state index contributed by atoms with van der Waals surface area (Å²) < 4.78 is 0. The fourth-order valence-corrected chi connectivity index (χ4v) is 2.18. The predicted octanol–water partition coefficient (Wildman–Crippen LogP) is 0.274. The second-order valence-electron chi connectivity index (χ2n) is 5.12. The smallest absolute Gasteiger partial charge is 0.254 e. The van der Waals surface area contributed by atoms with Gasteiger partial charge in [0.15, 0.2) is 0 Å². The van der Waals surface area contributed by atoms with E-state index in [9.17, 15) is 14.7 Å². The summed E-state index contributed by atoms with van der Waals surface area (Å²) in [6.45, 7) is 3.73. The Balaban J connectivity index is 2.49. The summed E-state index contributed by atoms with van der Waals surface area (Å²) >= 11 is 0. The maximum atomic E-state index is 12.0. The zero-order valence-electron chi connectivity index (χ0n) is 10.8.